The van der Waals surface area contributed by atoms with Gasteiger partial charge in [-0.05, 0) is 36.5 Å². The first-order chi connectivity index (χ1) is 5.14. The van der Waals surface area contributed by atoms with Crippen LogP contribution in [0.2, 0.25) is 0 Å². The highest BCUT2D eigenvalue weighted by molar-refractivity contribution is 5.68. The number of hydrogen-bond donors (Lipinski definition) is 1. The van der Waals surface area contributed by atoms with E-state index in [0.717, 1.165) is 24.7 Å². The Morgan fingerprint density at radius 2 is 2.18 bits per heavy atom. The fourth-order valence-corrected chi connectivity index (χ4v) is 2.32. The molecular weight excluding hydrogens is 140 g/mol. The van der Waals surface area contributed by atoms with Gasteiger partial charge in [0.1, 0.15) is 0 Å². The van der Waals surface area contributed by atoms with Crippen LogP contribution < -0.4 is 0 Å². The van der Waals surface area contributed by atoms with Crippen LogP contribution in [0.4, 0.5) is 0 Å². The molecule has 2 aliphatic rings. The van der Waals surface area contributed by atoms with Crippen molar-refractivity contribution in [2.45, 2.75) is 32.6 Å². The monoisotopic (exact) mass is 154 g/mol. The van der Waals surface area contributed by atoms with Crippen LogP contribution in [0.25, 0.3) is 0 Å². The maximum Gasteiger partial charge on any atom is 0.303 e. The molecule has 0 aromatic rings. The summed E-state index contributed by atoms with van der Waals surface area (Å²) in [4.78, 5) is 10.5. The van der Waals surface area contributed by atoms with Crippen LogP contribution >= 0.6 is 0 Å². The van der Waals surface area contributed by atoms with Gasteiger partial charge in [-0.25, -0.2) is 0 Å². The van der Waals surface area contributed by atoms with Gasteiger partial charge in [0.05, 0.1) is 6.42 Å². The molecule has 0 aromatic heterocycles. The third-order valence-electron chi connectivity index (χ3n) is 3.29. The molecule has 0 bridgehead atoms. The summed E-state index contributed by atoms with van der Waals surface area (Å²) < 4.78 is 0. The second-order valence-electron chi connectivity index (χ2n) is 4.25. The van der Waals surface area contributed by atoms with Crippen molar-refractivity contribution in [3.8, 4) is 0 Å². The van der Waals surface area contributed by atoms with E-state index < -0.39 is 5.97 Å². The fraction of sp³-hybridized carbons (Fsp3) is 0.889. The van der Waals surface area contributed by atoms with Gasteiger partial charge in [-0.2, -0.15) is 0 Å². The molecule has 11 heavy (non-hydrogen) atoms. The van der Waals surface area contributed by atoms with Gasteiger partial charge < -0.3 is 5.11 Å². The standard InChI is InChI=1S/C9H14O2/c1-6-4-7(6)9(2-3-9)5-8(10)11/h6-7H,2-5H2,1H3,(H,10,11). The highest BCUT2D eigenvalue weighted by Gasteiger charge is 2.58. The van der Waals surface area contributed by atoms with Crippen molar-refractivity contribution in [2.24, 2.45) is 17.3 Å². The highest BCUT2D eigenvalue weighted by atomic mass is 16.4. The lowest BCUT2D eigenvalue weighted by molar-refractivity contribution is -0.138. The SMILES string of the molecule is CC1CC1C1(CC(=O)O)CC1. The van der Waals surface area contributed by atoms with Gasteiger partial charge >= 0.3 is 5.97 Å². The van der Waals surface area contributed by atoms with E-state index in [9.17, 15) is 4.79 Å². The Morgan fingerprint density at radius 3 is 2.45 bits per heavy atom. The predicted molar refractivity (Wildman–Crippen MR) is 41.2 cm³/mol. The van der Waals surface area contributed by atoms with Crippen molar-refractivity contribution in [2.75, 3.05) is 0 Å². The van der Waals surface area contributed by atoms with E-state index in [0.29, 0.717) is 6.42 Å². The van der Waals surface area contributed by atoms with Crippen molar-refractivity contribution in [1.82, 2.24) is 0 Å². The fourth-order valence-electron chi connectivity index (χ4n) is 2.32. The second kappa shape index (κ2) is 1.99. The number of aliphatic carboxylic acids is 1. The third kappa shape index (κ3) is 1.15. The number of carboxylic acids is 1. The minimum absolute atomic E-state index is 0.255. The lowest BCUT2D eigenvalue weighted by Crippen LogP contribution is -2.11. The van der Waals surface area contributed by atoms with Crippen LogP contribution in [-0.4, -0.2) is 11.1 Å². The summed E-state index contributed by atoms with van der Waals surface area (Å²) in [6.45, 7) is 2.23. The quantitative estimate of drug-likeness (QED) is 0.674. The van der Waals surface area contributed by atoms with E-state index in [1.165, 1.54) is 6.42 Å². The Hall–Kier alpha value is -0.530. The molecule has 62 valence electrons. The first-order valence-corrected chi connectivity index (χ1v) is 4.36. The molecule has 2 rings (SSSR count). The van der Waals surface area contributed by atoms with Gasteiger partial charge in [0, 0.05) is 0 Å². The highest BCUT2D eigenvalue weighted by Crippen LogP contribution is 2.65. The van der Waals surface area contributed by atoms with E-state index >= 15 is 0 Å². The lowest BCUT2D eigenvalue weighted by atomic mass is 9.95. The maximum absolute atomic E-state index is 10.5. The zero-order valence-corrected chi connectivity index (χ0v) is 6.84. The van der Waals surface area contributed by atoms with Crippen molar-refractivity contribution >= 4 is 5.97 Å². The minimum atomic E-state index is -0.610. The van der Waals surface area contributed by atoms with Crippen LogP contribution in [0.15, 0.2) is 0 Å². The van der Waals surface area contributed by atoms with Crippen LogP contribution in [0.3, 0.4) is 0 Å². The summed E-state index contributed by atoms with van der Waals surface area (Å²) in [6.07, 6.45) is 4.01. The molecule has 2 saturated carbocycles. The minimum Gasteiger partial charge on any atom is -0.481 e. The molecule has 0 aromatic carbocycles. The van der Waals surface area contributed by atoms with Gasteiger partial charge in [0.2, 0.25) is 0 Å². The average molecular weight is 154 g/mol. The Labute approximate surface area is 66.6 Å². The van der Waals surface area contributed by atoms with Gasteiger partial charge in [0.25, 0.3) is 0 Å². The Balaban J connectivity index is 1.95. The second-order valence-corrected chi connectivity index (χ2v) is 4.25. The van der Waals surface area contributed by atoms with Gasteiger partial charge in [-0.1, -0.05) is 6.92 Å². The molecule has 0 spiro atoms. The normalized spacial score (nSPS) is 38.3. The zero-order chi connectivity index (χ0) is 8.06. The van der Waals surface area contributed by atoms with E-state index in [1.54, 1.807) is 0 Å². The molecule has 0 saturated heterocycles. The van der Waals surface area contributed by atoms with E-state index in [-0.39, 0.29) is 5.41 Å². The molecule has 2 heteroatoms. The Bertz CT molecular complexity index is 194. The van der Waals surface area contributed by atoms with Crippen LogP contribution in [0.1, 0.15) is 32.6 Å². The topological polar surface area (TPSA) is 37.3 Å². The number of hydrogen-bond acceptors (Lipinski definition) is 1. The summed E-state index contributed by atoms with van der Waals surface area (Å²) in [5, 5.41) is 8.65. The predicted octanol–water partition coefficient (Wildman–Crippen LogP) is 1.90. The maximum atomic E-state index is 10.5. The number of rotatable bonds is 3. The smallest absolute Gasteiger partial charge is 0.303 e. The molecule has 0 aliphatic heterocycles. The van der Waals surface area contributed by atoms with Crippen molar-refractivity contribution in [3.63, 3.8) is 0 Å². The summed E-state index contributed by atoms with van der Waals surface area (Å²) in [6, 6.07) is 0. The molecule has 0 amide bonds. The van der Waals surface area contributed by atoms with Gasteiger partial charge in [0.15, 0.2) is 0 Å². The van der Waals surface area contributed by atoms with Crippen molar-refractivity contribution in [1.29, 1.82) is 0 Å². The molecule has 0 radical (unpaired) electrons. The molecule has 2 unspecified atom stereocenters. The number of carboxylic acid groups (broad SMARTS) is 1. The van der Waals surface area contributed by atoms with Gasteiger partial charge in [-0.3, -0.25) is 4.79 Å². The van der Waals surface area contributed by atoms with Gasteiger partial charge in [-0.15, -0.1) is 0 Å². The summed E-state index contributed by atoms with van der Waals surface area (Å²) in [5.74, 6) is 0.942. The molecular formula is C9H14O2. The van der Waals surface area contributed by atoms with E-state index in [1.807, 2.05) is 0 Å². The van der Waals surface area contributed by atoms with E-state index in [4.69, 9.17) is 5.11 Å². The molecule has 0 heterocycles. The third-order valence-corrected chi connectivity index (χ3v) is 3.29. The summed E-state index contributed by atoms with van der Waals surface area (Å²) in [5.41, 5.74) is 0.255. The molecule has 2 aliphatic carbocycles. The molecule has 2 atom stereocenters. The van der Waals surface area contributed by atoms with Crippen LogP contribution in [0, 0.1) is 17.3 Å². The first-order valence-electron chi connectivity index (χ1n) is 4.36. The molecule has 2 fully saturated rings. The Kier molecular flexibility index (Phi) is 1.29. The first kappa shape index (κ1) is 7.14. The van der Waals surface area contributed by atoms with E-state index in [2.05, 4.69) is 6.92 Å². The zero-order valence-electron chi connectivity index (χ0n) is 6.84. The largest absolute Gasteiger partial charge is 0.481 e. The summed E-state index contributed by atoms with van der Waals surface area (Å²) in [7, 11) is 0. The summed E-state index contributed by atoms with van der Waals surface area (Å²) >= 11 is 0. The Morgan fingerprint density at radius 1 is 1.64 bits per heavy atom. The molecule has 2 nitrogen and oxygen atoms in total. The van der Waals surface area contributed by atoms with Crippen LogP contribution in [0.5, 0.6) is 0 Å². The van der Waals surface area contributed by atoms with Crippen molar-refractivity contribution < 1.29 is 9.90 Å². The average Bonchev–Trinajstić information content (AvgIpc) is 2.68. The van der Waals surface area contributed by atoms with Crippen LogP contribution in [-0.2, 0) is 4.79 Å². The lowest BCUT2D eigenvalue weighted by Gasteiger charge is -2.09. The van der Waals surface area contributed by atoms with Crippen molar-refractivity contribution in [3.05, 3.63) is 0 Å². The number of carbonyl (C=O) groups is 1. The molecule has 1 N–H and O–H groups in total.